The van der Waals surface area contributed by atoms with E-state index >= 15 is 0 Å². The van der Waals surface area contributed by atoms with E-state index in [1.807, 2.05) is 12.1 Å². The highest BCUT2D eigenvalue weighted by molar-refractivity contribution is 5.92. The molecule has 0 aliphatic rings. The lowest BCUT2D eigenvalue weighted by molar-refractivity contribution is -0.116. The second-order valence-electron chi connectivity index (χ2n) is 4.40. The van der Waals surface area contributed by atoms with Crippen molar-refractivity contribution in [3.8, 4) is 0 Å². The van der Waals surface area contributed by atoms with E-state index in [4.69, 9.17) is 0 Å². The molecule has 82 valence electrons. The van der Waals surface area contributed by atoms with Crippen LogP contribution in [-0.2, 0) is 11.2 Å². The van der Waals surface area contributed by atoms with Gasteiger partial charge in [-0.05, 0) is 48.2 Å². The summed E-state index contributed by atoms with van der Waals surface area (Å²) in [5, 5.41) is 2.47. The molecular weight excluding hydrogens is 196 g/mol. The largest absolute Gasteiger partial charge is 0.300 e. The van der Waals surface area contributed by atoms with Crippen LogP contribution in [0.15, 0.2) is 30.3 Å². The van der Waals surface area contributed by atoms with Crippen LogP contribution < -0.4 is 0 Å². The van der Waals surface area contributed by atoms with Crippen LogP contribution in [0.2, 0.25) is 0 Å². The maximum absolute atomic E-state index is 11.3. The summed E-state index contributed by atoms with van der Waals surface area (Å²) < 4.78 is 0. The summed E-state index contributed by atoms with van der Waals surface area (Å²) in [7, 11) is 0. The minimum absolute atomic E-state index is 0.216. The van der Waals surface area contributed by atoms with Crippen molar-refractivity contribution in [3.63, 3.8) is 0 Å². The number of fused-ring (bicyclic) bond motifs is 1. The molecule has 1 heteroatoms. The van der Waals surface area contributed by atoms with Crippen molar-refractivity contribution in [2.24, 2.45) is 0 Å². The van der Waals surface area contributed by atoms with Crippen LogP contribution in [0, 0.1) is 13.8 Å². The molecule has 0 aliphatic heterocycles. The highest BCUT2D eigenvalue weighted by Gasteiger charge is 2.07. The first-order valence-corrected chi connectivity index (χ1v) is 5.57. The summed E-state index contributed by atoms with van der Waals surface area (Å²) in [5.41, 5.74) is 3.71. The van der Waals surface area contributed by atoms with Crippen molar-refractivity contribution in [2.75, 3.05) is 0 Å². The number of rotatable bonds is 2. The Kier molecular flexibility index (Phi) is 2.78. The molecule has 2 aromatic rings. The molecule has 0 amide bonds. The summed E-state index contributed by atoms with van der Waals surface area (Å²) in [6, 6.07) is 10.4. The van der Waals surface area contributed by atoms with E-state index in [2.05, 4.69) is 32.0 Å². The molecule has 2 aromatic carbocycles. The molecule has 16 heavy (non-hydrogen) atoms. The highest BCUT2D eigenvalue weighted by atomic mass is 16.1. The van der Waals surface area contributed by atoms with Gasteiger partial charge in [0.2, 0.25) is 0 Å². The number of carbonyl (C=O) groups is 1. The topological polar surface area (TPSA) is 17.1 Å². The first kappa shape index (κ1) is 10.9. The van der Waals surface area contributed by atoms with Crippen LogP contribution in [0.25, 0.3) is 10.8 Å². The van der Waals surface area contributed by atoms with Gasteiger partial charge in [-0.25, -0.2) is 0 Å². The first-order valence-electron chi connectivity index (χ1n) is 5.57. The quantitative estimate of drug-likeness (QED) is 0.743. The monoisotopic (exact) mass is 212 g/mol. The molecule has 0 aliphatic carbocycles. The van der Waals surface area contributed by atoms with E-state index < -0.39 is 0 Å². The van der Waals surface area contributed by atoms with Crippen molar-refractivity contribution in [3.05, 3.63) is 47.0 Å². The highest BCUT2D eigenvalue weighted by Crippen LogP contribution is 2.25. The van der Waals surface area contributed by atoms with Crippen molar-refractivity contribution in [2.45, 2.75) is 27.2 Å². The van der Waals surface area contributed by atoms with Gasteiger partial charge in [0.1, 0.15) is 5.78 Å². The lowest BCUT2D eigenvalue weighted by atomic mass is 9.94. The fourth-order valence-corrected chi connectivity index (χ4v) is 2.16. The van der Waals surface area contributed by atoms with Gasteiger partial charge in [0.05, 0.1) is 0 Å². The van der Waals surface area contributed by atoms with E-state index in [-0.39, 0.29) is 5.78 Å². The molecule has 0 saturated heterocycles. The number of benzene rings is 2. The third-order valence-corrected chi connectivity index (χ3v) is 3.10. The van der Waals surface area contributed by atoms with Gasteiger partial charge in [0.15, 0.2) is 0 Å². The average Bonchev–Trinajstić information content (AvgIpc) is 2.25. The summed E-state index contributed by atoms with van der Waals surface area (Å²) in [6.45, 7) is 5.88. The Bertz CT molecular complexity index is 553. The molecule has 1 nitrogen and oxygen atoms in total. The number of aryl methyl sites for hydroxylation is 2. The number of carbonyl (C=O) groups excluding carboxylic acids is 1. The minimum Gasteiger partial charge on any atom is -0.300 e. The molecule has 0 unspecified atom stereocenters. The molecule has 0 saturated carbocycles. The van der Waals surface area contributed by atoms with Crippen LogP contribution in [0.1, 0.15) is 23.6 Å². The van der Waals surface area contributed by atoms with Gasteiger partial charge in [-0.3, -0.25) is 4.79 Å². The smallest absolute Gasteiger partial charge is 0.134 e. The normalized spacial score (nSPS) is 10.7. The fourth-order valence-electron chi connectivity index (χ4n) is 2.16. The summed E-state index contributed by atoms with van der Waals surface area (Å²) in [6.07, 6.45) is 0.529. The molecule has 0 bridgehead atoms. The van der Waals surface area contributed by atoms with Crippen molar-refractivity contribution in [1.29, 1.82) is 0 Å². The van der Waals surface area contributed by atoms with Crippen molar-refractivity contribution < 1.29 is 4.79 Å². The zero-order chi connectivity index (χ0) is 11.7. The predicted octanol–water partition coefficient (Wildman–Crippen LogP) is 3.59. The van der Waals surface area contributed by atoms with Crippen LogP contribution in [0.5, 0.6) is 0 Å². The average molecular weight is 212 g/mol. The molecule has 0 atom stereocenters. The molecule has 0 heterocycles. The van der Waals surface area contributed by atoms with Crippen molar-refractivity contribution in [1.82, 2.24) is 0 Å². The Balaban J connectivity index is 2.74. The summed E-state index contributed by atoms with van der Waals surface area (Å²) in [4.78, 5) is 11.3. The molecule has 0 spiro atoms. The summed E-state index contributed by atoms with van der Waals surface area (Å²) in [5.74, 6) is 0.216. The first-order chi connectivity index (χ1) is 7.59. The Labute approximate surface area is 96.1 Å². The molecule has 0 radical (unpaired) electrons. The minimum atomic E-state index is 0.216. The number of hydrogen-bond donors (Lipinski definition) is 0. The van der Waals surface area contributed by atoms with Crippen LogP contribution in [-0.4, -0.2) is 5.78 Å². The van der Waals surface area contributed by atoms with E-state index in [1.165, 1.54) is 21.9 Å². The van der Waals surface area contributed by atoms with E-state index in [1.54, 1.807) is 6.92 Å². The number of hydrogen-bond acceptors (Lipinski definition) is 1. The van der Waals surface area contributed by atoms with Crippen LogP contribution >= 0.6 is 0 Å². The Morgan fingerprint density at radius 1 is 1.12 bits per heavy atom. The van der Waals surface area contributed by atoms with Gasteiger partial charge in [-0.1, -0.05) is 30.3 Å². The fraction of sp³-hybridized carbons (Fsp3) is 0.267. The van der Waals surface area contributed by atoms with Gasteiger partial charge >= 0.3 is 0 Å². The summed E-state index contributed by atoms with van der Waals surface area (Å²) >= 11 is 0. The third-order valence-electron chi connectivity index (χ3n) is 3.10. The van der Waals surface area contributed by atoms with Crippen LogP contribution in [0.3, 0.4) is 0 Å². The standard InChI is InChI=1S/C15H16O/c1-10-8-13(9-11(2)16)15-7-5-4-6-14(15)12(10)3/h4-8H,9H2,1-3H3. The second kappa shape index (κ2) is 4.09. The Morgan fingerprint density at radius 2 is 1.75 bits per heavy atom. The molecule has 0 fully saturated rings. The second-order valence-corrected chi connectivity index (χ2v) is 4.40. The molecular formula is C15H16O. The van der Waals surface area contributed by atoms with Gasteiger partial charge < -0.3 is 0 Å². The Morgan fingerprint density at radius 3 is 2.38 bits per heavy atom. The zero-order valence-electron chi connectivity index (χ0n) is 10.0. The zero-order valence-corrected chi connectivity index (χ0v) is 10.0. The maximum atomic E-state index is 11.3. The van der Waals surface area contributed by atoms with Gasteiger partial charge in [-0.2, -0.15) is 0 Å². The van der Waals surface area contributed by atoms with Crippen LogP contribution in [0.4, 0.5) is 0 Å². The van der Waals surface area contributed by atoms with E-state index in [9.17, 15) is 4.79 Å². The maximum Gasteiger partial charge on any atom is 0.134 e. The SMILES string of the molecule is CC(=O)Cc1cc(C)c(C)c2ccccc12. The van der Waals surface area contributed by atoms with E-state index in [0.29, 0.717) is 6.42 Å². The Hall–Kier alpha value is -1.63. The lowest BCUT2D eigenvalue weighted by Gasteiger charge is -2.10. The predicted molar refractivity (Wildman–Crippen MR) is 67.8 cm³/mol. The van der Waals surface area contributed by atoms with Gasteiger partial charge in [0, 0.05) is 6.42 Å². The third kappa shape index (κ3) is 1.85. The van der Waals surface area contributed by atoms with E-state index in [0.717, 1.165) is 5.56 Å². The molecule has 0 aromatic heterocycles. The molecule has 2 rings (SSSR count). The van der Waals surface area contributed by atoms with Gasteiger partial charge in [-0.15, -0.1) is 0 Å². The lowest BCUT2D eigenvalue weighted by Crippen LogP contribution is -1.99. The molecule has 0 N–H and O–H groups in total. The number of Topliss-reactive ketones (excluding diaryl/α,β-unsaturated/α-hetero) is 1. The van der Waals surface area contributed by atoms with Gasteiger partial charge in [0.25, 0.3) is 0 Å². The van der Waals surface area contributed by atoms with Crippen molar-refractivity contribution >= 4 is 16.6 Å². The number of ketones is 1.